The van der Waals surface area contributed by atoms with Gasteiger partial charge in [0.25, 0.3) is 0 Å². The van der Waals surface area contributed by atoms with Crippen molar-refractivity contribution in [3.05, 3.63) is 16.1 Å². The summed E-state index contributed by atoms with van der Waals surface area (Å²) in [6, 6.07) is 0. The summed E-state index contributed by atoms with van der Waals surface area (Å²) in [6.45, 7) is 0.906. The summed E-state index contributed by atoms with van der Waals surface area (Å²) in [4.78, 5) is 4.75. The number of rotatable bonds is 3. The van der Waals surface area contributed by atoms with Gasteiger partial charge in [0.2, 0.25) is 0 Å². The molecule has 0 aliphatic heterocycles. The fourth-order valence-corrected chi connectivity index (χ4v) is 3.47. The first-order valence-corrected chi connectivity index (χ1v) is 7.37. The highest BCUT2D eigenvalue weighted by atomic mass is 32.1. The molecule has 1 aliphatic rings. The zero-order valence-corrected chi connectivity index (χ0v) is 11.0. The summed E-state index contributed by atoms with van der Waals surface area (Å²) in [7, 11) is 1.98. The van der Waals surface area contributed by atoms with E-state index in [1.54, 1.807) is 0 Å². The molecular weight excluding hydrogens is 216 g/mol. The zero-order valence-electron chi connectivity index (χ0n) is 10.2. The Morgan fingerprint density at radius 3 is 2.62 bits per heavy atom. The van der Waals surface area contributed by atoms with Gasteiger partial charge in [-0.25, -0.2) is 4.98 Å². The highest BCUT2D eigenvalue weighted by Gasteiger charge is 2.16. The van der Waals surface area contributed by atoms with Crippen molar-refractivity contribution in [1.82, 2.24) is 10.3 Å². The van der Waals surface area contributed by atoms with Crippen molar-refractivity contribution in [1.29, 1.82) is 0 Å². The number of nitrogens with one attached hydrogen (secondary N) is 1. The lowest BCUT2D eigenvalue weighted by Gasteiger charge is -2.17. The second-order valence-corrected chi connectivity index (χ2v) is 5.64. The Labute approximate surface area is 102 Å². The number of aromatic nitrogens is 1. The van der Waals surface area contributed by atoms with Crippen LogP contribution in [0.1, 0.15) is 61.6 Å². The average molecular weight is 238 g/mol. The number of hydrogen-bond donors (Lipinski definition) is 1. The normalized spacial score (nSPS) is 19.3. The molecule has 0 saturated heterocycles. The van der Waals surface area contributed by atoms with Gasteiger partial charge in [-0.15, -0.1) is 11.3 Å². The molecule has 0 unspecified atom stereocenters. The Morgan fingerprint density at radius 2 is 1.94 bits per heavy atom. The minimum atomic E-state index is 0.746. The second kappa shape index (κ2) is 6.36. The molecule has 1 saturated carbocycles. The fourth-order valence-electron chi connectivity index (χ4n) is 2.48. The van der Waals surface area contributed by atoms with Gasteiger partial charge in [-0.05, 0) is 19.9 Å². The van der Waals surface area contributed by atoms with E-state index in [9.17, 15) is 0 Å². The average Bonchev–Trinajstić information content (AvgIpc) is 2.66. The van der Waals surface area contributed by atoms with Gasteiger partial charge in [0.05, 0.1) is 10.7 Å². The van der Waals surface area contributed by atoms with Crippen LogP contribution in [0.15, 0.2) is 5.38 Å². The topological polar surface area (TPSA) is 24.9 Å². The van der Waals surface area contributed by atoms with Gasteiger partial charge in [-0.3, -0.25) is 0 Å². The minimum absolute atomic E-state index is 0.746. The van der Waals surface area contributed by atoms with Crippen molar-refractivity contribution < 1.29 is 0 Å². The minimum Gasteiger partial charge on any atom is -0.314 e. The van der Waals surface area contributed by atoms with E-state index in [2.05, 4.69) is 10.7 Å². The predicted octanol–water partition coefficient (Wildman–Crippen LogP) is 3.69. The third-order valence-electron chi connectivity index (χ3n) is 3.38. The molecule has 90 valence electrons. The third kappa shape index (κ3) is 3.29. The van der Waals surface area contributed by atoms with Crippen LogP contribution in [-0.4, -0.2) is 12.0 Å². The van der Waals surface area contributed by atoms with E-state index in [-0.39, 0.29) is 0 Å². The van der Waals surface area contributed by atoms with E-state index in [1.807, 2.05) is 18.4 Å². The number of hydrogen-bond acceptors (Lipinski definition) is 3. The molecule has 0 aromatic carbocycles. The quantitative estimate of drug-likeness (QED) is 0.868. The van der Waals surface area contributed by atoms with Crippen molar-refractivity contribution in [3.63, 3.8) is 0 Å². The largest absolute Gasteiger partial charge is 0.314 e. The van der Waals surface area contributed by atoms with Crippen LogP contribution in [-0.2, 0) is 6.54 Å². The summed E-state index contributed by atoms with van der Waals surface area (Å²) >= 11 is 1.86. The number of nitrogens with zero attached hydrogens (tertiary/aromatic N) is 1. The summed E-state index contributed by atoms with van der Waals surface area (Å²) in [5.41, 5.74) is 1.21. The first kappa shape index (κ1) is 12.1. The van der Waals surface area contributed by atoms with Crippen LogP contribution in [0.5, 0.6) is 0 Å². The monoisotopic (exact) mass is 238 g/mol. The molecule has 0 spiro atoms. The van der Waals surface area contributed by atoms with E-state index in [1.165, 1.54) is 55.6 Å². The highest BCUT2D eigenvalue weighted by molar-refractivity contribution is 7.09. The van der Waals surface area contributed by atoms with Crippen molar-refractivity contribution in [2.24, 2.45) is 0 Å². The Bertz CT molecular complexity index is 301. The molecule has 0 atom stereocenters. The molecule has 0 radical (unpaired) electrons. The molecule has 1 heterocycles. The van der Waals surface area contributed by atoms with Gasteiger partial charge >= 0.3 is 0 Å². The maximum absolute atomic E-state index is 4.75. The molecule has 0 amide bonds. The van der Waals surface area contributed by atoms with Gasteiger partial charge in [0.1, 0.15) is 0 Å². The fraction of sp³-hybridized carbons (Fsp3) is 0.769. The Hall–Kier alpha value is -0.410. The van der Waals surface area contributed by atoms with Crippen molar-refractivity contribution in [2.75, 3.05) is 7.05 Å². The van der Waals surface area contributed by atoms with Gasteiger partial charge in [-0.2, -0.15) is 0 Å². The lowest BCUT2D eigenvalue weighted by Crippen LogP contribution is -2.06. The Kier molecular flexibility index (Phi) is 4.79. The molecule has 1 aliphatic carbocycles. The van der Waals surface area contributed by atoms with E-state index < -0.39 is 0 Å². The molecular formula is C13H22N2S. The highest BCUT2D eigenvalue weighted by Crippen LogP contribution is 2.32. The second-order valence-electron chi connectivity index (χ2n) is 4.75. The maximum atomic E-state index is 4.75. The van der Waals surface area contributed by atoms with Gasteiger partial charge in [-0.1, -0.05) is 32.1 Å². The molecule has 3 heteroatoms. The summed E-state index contributed by atoms with van der Waals surface area (Å²) < 4.78 is 0. The lowest BCUT2D eigenvalue weighted by atomic mass is 9.92. The van der Waals surface area contributed by atoms with Crippen LogP contribution in [0, 0.1) is 0 Å². The SMILES string of the molecule is CNCc1csc(C2CCCCCCC2)n1. The van der Waals surface area contributed by atoms with E-state index in [4.69, 9.17) is 4.98 Å². The molecule has 16 heavy (non-hydrogen) atoms. The van der Waals surface area contributed by atoms with Crippen molar-refractivity contribution >= 4 is 11.3 Å². The van der Waals surface area contributed by atoms with E-state index in [0.717, 1.165) is 12.5 Å². The Balaban J connectivity index is 1.97. The molecule has 1 N–H and O–H groups in total. The van der Waals surface area contributed by atoms with Crippen LogP contribution in [0.3, 0.4) is 0 Å². The van der Waals surface area contributed by atoms with Crippen LogP contribution in [0.4, 0.5) is 0 Å². The first-order valence-electron chi connectivity index (χ1n) is 6.49. The van der Waals surface area contributed by atoms with Gasteiger partial charge < -0.3 is 5.32 Å². The zero-order chi connectivity index (χ0) is 11.2. The smallest absolute Gasteiger partial charge is 0.0959 e. The molecule has 0 bridgehead atoms. The van der Waals surface area contributed by atoms with Crippen LogP contribution in [0.2, 0.25) is 0 Å². The molecule has 1 fully saturated rings. The van der Waals surface area contributed by atoms with E-state index >= 15 is 0 Å². The van der Waals surface area contributed by atoms with Gasteiger partial charge in [0.15, 0.2) is 0 Å². The standard InChI is InChI=1S/C13H22N2S/c1-14-9-12-10-16-13(15-12)11-7-5-3-2-4-6-8-11/h10-11,14H,2-9H2,1H3. The summed E-state index contributed by atoms with van der Waals surface area (Å²) in [5, 5.41) is 6.76. The van der Waals surface area contributed by atoms with Crippen LogP contribution >= 0.6 is 11.3 Å². The molecule has 1 aromatic heterocycles. The van der Waals surface area contributed by atoms with E-state index in [0.29, 0.717) is 0 Å². The maximum Gasteiger partial charge on any atom is 0.0959 e. The molecule has 2 rings (SSSR count). The Morgan fingerprint density at radius 1 is 1.25 bits per heavy atom. The van der Waals surface area contributed by atoms with Crippen LogP contribution in [0.25, 0.3) is 0 Å². The summed E-state index contributed by atoms with van der Waals surface area (Å²) in [6.07, 6.45) is 9.78. The third-order valence-corrected chi connectivity index (χ3v) is 4.44. The number of thiazole rings is 1. The van der Waals surface area contributed by atoms with Crippen molar-refractivity contribution in [3.8, 4) is 0 Å². The molecule has 1 aromatic rings. The lowest BCUT2D eigenvalue weighted by molar-refractivity contribution is 0.454. The molecule has 2 nitrogen and oxygen atoms in total. The van der Waals surface area contributed by atoms with Crippen LogP contribution < -0.4 is 5.32 Å². The summed E-state index contributed by atoms with van der Waals surface area (Å²) in [5.74, 6) is 0.746. The van der Waals surface area contributed by atoms with Crippen molar-refractivity contribution in [2.45, 2.75) is 57.4 Å². The predicted molar refractivity (Wildman–Crippen MR) is 69.9 cm³/mol. The van der Waals surface area contributed by atoms with Gasteiger partial charge in [0, 0.05) is 17.8 Å². The first-order chi connectivity index (χ1) is 7.90.